The van der Waals surface area contributed by atoms with Crippen molar-refractivity contribution in [3.63, 3.8) is 0 Å². The monoisotopic (exact) mass is 233 g/mol. The van der Waals surface area contributed by atoms with Crippen LogP contribution in [0, 0.1) is 5.92 Å². The van der Waals surface area contributed by atoms with Gasteiger partial charge in [-0.15, -0.1) is 0 Å². The maximum Gasteiger partial charge on any atom is 0.0429 e. The Labute approximate surface area is 107 Å². The largest absolute Gasteiger partial charge is 0.262 e. The molecule has 0 fully saturated rings. The standard InChI is InChI=1S/C16H27N/c1-7-10-11-12-14(6)16(9-3)17-15(8-2)13(4)5/h7,10-13H,8-9H2,1-6H3/b10-7-,12-11-,16-14+,17-15?. The minimum absolute atomic E-state index is 0.536. The van der Waals surface area contributed by atoms with Crippen LogP contribution in [-0.4, -0.2) is 5.71 Å². The average Bonchev–Trinajstić information content (AvgIpc) is 2.30. The van der Waals surface area contributed by atoms with Crippen molar-refractivity contribution in [3.05, 3.63) is 35.6 Å². The number of allylic oxidation sites excluding steroid dienone is 6. The Balaban J connectivity index is 5.10. The number of aliphatic imine (C=N–C) groups is 1. The molecule has 0 atom stereocenters. The van der Waals surface area contributed by atoms with Gasteiger partial charge in [0.15, 0.2) is 0 Å². The molecule has 0 unspecified atom stereocenters. The lowest BCUT2D eigenvalue weighted by atomic mass is 10.1. The molecule has 0 spiro atoms. The predicted molar refractivity (Wildman–Crippen MR) is 79.5 cm³/mol. The Morgan fingerprint density at radius 2 is 1.76 bits per heavy atom. The van der Waals surface area contributed by atoms with E-state index in [1.54, 1.807) is 0 Å². The summed E-state index contributed by atoms with van der Waals surface area (Å²) in [4.78, 5) is 4.81. The second kappa shape index (κ2) is 8.98. The number of nitrogens with zero attached hydrogens (tertiary/aromatic N) is 1. The lowest BCUT2D eigenvalue weighted by Crippen LogP contribution is -2.06. The molecule has 0 bridgehead atoms. The van der Waals surface area contributed by atoms with Crippen molar-refractivity contribution in [2.75, 3.05) is 0 Å². The second-order valence-electron chi connectivity index (χ2n) is 4.48. The number of hydrogen-bond donors (Lipinski definition) is 0. The van der Waals surface area contributed by atoms with Gasteiger partial charge in [-0.05, 0) is 38.2 Å². The summed E-state index contributed by atoms with van der Waals surface area (Å²) in [5, 5.41) is 0. The van der Waals surface area contributed by atoms with E-state index in [4.69, 9.17) is 4.99 Å². The van der Waals surface area contributed by atoms with Gasteiger partial charge in [-0.25, -0.2) is 0 Å². The molecule has 17 heavy (non-hydrogen) atoms. The zero-order valence-electron chi connectivity index (χ0n) is 12.2. The fourth-order valence-corrected chi connectivity index (χ4v) is 1.64. The maximum absolute atomic E-state index is 4.81. The first-order chi connectivity index (χ1) is 8.06. The van der Waals surface area contributed by atoms with Gasteiger partial charge in [-0.1, -0.05) is 52.0 Å². The van der Waals surface area contributed by atoms with Crippen LogP contribution in [0.3, 0.4) is 0 Å². The van der Waals surface area contributed by atoms with Gasteiger partial charge < -0.3 is 0 Å². The first kappa shape index (κ1) is 15.9. The molecule has 0 aliphatic rings. The smallest absolute Gasteiger partial charge is 0.0429 e. The zero-order chi connectivity index (χ0) is 13.3. The van der Waals surface area contributed by atoms with E-state index in [0.29, 0.717) is 5.92 Å². The van der Waals surface area contributed by atoms with Crippen LogP contribution in [-0.2, 0) is 0 Å². The van der Waals surface area contributed by atoms with Crippen molar-refractivity contribution in [3.8, 4) is 0 Å². The summed E-state index contributed by atoms with van der Waals surface area (Å²) in [7, 11) is 0. The highest BCUT2D eigenvalue weighted by atomic mass is 14.8. The van der Waals surface area contributed by atoms with Gasteiger partial charge in [-0.2, -0.15) is 0 Å². The van der Waals surface area contributed by atoms with Gasteiger partial charge in [0.1, 0.15) is 0 Å². The Kier molecular flexibility index (Phi) is 8.39. The molecule has 0 saturated carbocycles. The highest BCUT2D eigenvalue weighted by molar-refractivity contribution is 5.86. The van der Waals surface area contributed by atoms with Gasteiger partial charge >= 0.3 is 0 Å². The van der Waals surface area contributed by atoms with Gasteiger partial charge in [0, 0.05) is 11.4 Å². The zero-order valence-corrected chi connectivity index (χ0v) is 12.2. The molecule has 0 saturated heterocycles. The van der Waals surface area contributed by atoms with Crippen LogP contribution >= 0.6 is 0 Å². The first-order valence-electron chi connectivity index (χ1n) is 6.63. The third-order valence-electron chi connectivity index (χ3n) is 2.75. The van der Waals surface area contributed by atoms with E-state index in [9.17, 15) is 0 Å². The van der Waals surface area contributed by atoms with Crippen molar-refractivity contribution in [1.29, 1.82) is 0 Å². The van der Waals surface area contributed by atoms with Crippen LogP contribution < -0.4 is 0 Å². The molecule has 0 radical (unpaired) electrons. The fraction of sp³-hybridized carbons (Fsp3) is 0.562. The minimum atomic E-state index is 0.536. The molecule has 96 valence electrons. The lowest BCUT2D eigenvalue weighted by Gasteiger charge is -2.10. The highest BCUT2D eigenvalue weighted by Crippen LogP contribution is 2.15. The number of rotatable bonds is 6. The summed E-state index contributed by atoms with van der Waals surface area (Å²) >= 11 is 0. The highest BCUT2D eigenvalue weighted by Gasteiger charge is 2.04. The molecule has 0 N–H and O–H groups in total. The predicted octanol–water partition coefficient (Wildman–Crippen LogP) is 5.31. The second-order valence-corrected chi connectivity index (χ2v) is 4.48. The van der Waals surface area contributed by atoms with Crippen LogP contribution in [0.2, 0.25) is 0 Å². The van der Waals surface area contributed by atoms with E-state index in [1.807, 2.05) is 19.1 Å². The van der Waals surface area contributed by atoms with E-state index >= 15 is 0 Å². The summed E-state index contributed by atoms with van der Waals surface area (Å²) in [6.07, 6.45) is 10.3. The van der Waals surface area contributed by atoms with Gasteiger partial charge in [0.05, 0.1) is 0 Å². The SMILES string of the molecule is C\C=C/C=C\C(C)=C(/CC)N=C(CC)C(C)C. The first-order valence-corrected chi connectivity index (χ1v) is 6.63. The molecular weight excluding hydrogens is 206 g/mol. The fourth-order valence-electron chi connectivity index (χ4n) is 1.64. The van der Waals surface area contributed by atoms with Gasteiger partial charge in [0.25, 0.3) is 0 Å². The molecule has 1 nitrogen and oxygen atoms in total. The molecule has 0 rings (SSSR count). The van der Waals surface area contributed by atoms with E-state index in [0.717, 1.165) is 12.8 Å². The van der Waals surface area contributed by atoms with Crippen molar-refractivity contribution in [2.24, 2.45) is 10.9 Å². The normalized spacial score (nSPS) is 15.1. The van der Waals surface area contributed by atoms with Crippen LogP contribution in [0.15, 0.2) is 40.6 Å². The van der Waals surface area contributed by atoms with Crippen LogP contribution in [0.25, 0.3) is 0 Å². The van der Waals surface area contributed by atoms with Gasteiger partial charge in [-0.3, -0.25) is 4.99 Å². The van der Waals surface area contributed by atoms with Crippen LogP contribution in [0.4, 0.5) is 0 Å². The number of hydrogen-bond acceptors (Lipinski definition) is 1. The van der Waals surface area contributed by atoms with Crippen LogP contribution in [0.5, 0.6) is 0 Å². The molecule has 0 aliphatic heterocycles. The summed E-state index contributed by atoms with van der Waals surface area (Å²) in [5.74, 6) is 0.536. The average molecular weight is 233 g/mol. The van der Waals surface area contributed by atoms with E-state index < -0.39 is 0 Å². The Morgan fingerprint density at radius 3 is 2.18 bits per heavy atom. The molecule has 0 aromatic rings. The van der Waals surface area contributed by atoms with Crippen molar-refractivity contribution >= 4 is 5.71 Å². The Hall–Kier alpha value is -1.11. The molecule has 0 aliphatic carbocycles. The molecule has 0 amide bonds. The topological polar surface area (TPSA) is 12.4 Å². The minimum Gasteiger partial charge on any atom is -0.262 e. The molecule has 0 heterocycles. The van der Waals surface area contributed by atoms with E-state index in [-0.39, 0.29) is 0 Å². The summed E-state index contributed by atoms with van der Waals surface area (Å²) in [5.41, 5.74) is 3.76. The van der Waals surface area contributed by atoms with Gasteiger partial charge in [0.2, 0.25) is 0 Å². The Morgan fingerprint density at radius 1 is 1.12 bits per heavy atom. The lowest BCUT2D eigenvalue weighted by molar-refractivity contribution is 0.847. The Bertz CT molecular complexity index is 327. The van der Waals surface area contributed by atoms with Crippen molar-refractivity contribution in [2.45, 2.75) is 54.4 Å². The third-order valence-corrected chi connectivity index (χ3v) is 2.75. The molecule has 0 aromatic carbocycles. The van der Waals surface area contributed by atoms with Crippen molar-refractivity contribution in [1.82, 2.24) is 0 Å². The van der Waals surface area contributed by atoms with E-state index in [1.165, 1.54) is 17.0 Å². The molecule has 0 aromatic heterocycles. The quantitative estimate of drug-likeness (QED) is 0.435. The summed E-state index contributed by atoms with van der Waals surface area (Å²) in [6, 6.07) is 0. The van der Waals surface area contributed by atoms with Crippen LogP contribution in [0.1, 0.15) is 54.4 Å². The third kappa shape index (κ3) is 6.25. The summed E-state index contributed by atoms with van der Waals surface area (Å²) in [6.45, 7) is 12.9. The van der Waals surface area contributed by atoms with E-state index in [2.05, 4.69) is 46.8 Å². The molecular formula is C16H27N. The summed E-state index contributed by atoms with van der Waals surface area (Å²) < 4.78 is 0. The molecule has 1 heteroatoms. The maximum atomic E-state index is 4.81. The van der Waals surface area contributed by atoms with Crippen molar-refractivity contribution < 1.29 is 0 Å².